The number of rotatable bonds is 2. The molecule has 0 aromatic heterocycles. The van der Waals surface area contributed by atoms with Crippen molar-refractivity contribution in [3.05, 3.63) is 0 Å². The van der Waals surface area contributed by atoms with Gasteiger partial charge in [0.25, 0.3) is 0 Å². The lowest BCUT2D eigenvalue weighted by Crippen LogP contribution is -2.40. The van der Waals surface area contributed by atoms with E-state index in [1.165, 1.54) is 19.3 Å². The average Bonchev–Trinajstić information content (AvgIpc) is 2.60. The first-order valence-electron chi connectivity index (χ1n) is 5.06. The molecule has 0 spiro atoms. The molecule has 2 fully saturated rings. The summed E-state index contributed by atoms with van der Waals surface area (Å²) >= 11 is 0. The average molecular weight is 168 g/mol. The van der Waals surface area contributed by atoms with Crippen molar-refractivity contribution in [3.63, 3.8) is 0 Å². The Morgan fingerprint density at radius 1 is 1.08 bits per heavy atom. The molecule has 0 aromatic rings. The van der Waals surface area contributed by atoms with Gasteiger partial charge in [0, 0.05) is 12.1 Å². The Morgan fingerprint density at radius 2 is 1.83 bits per heavy atom. The summed E-state index contributed by atoms with van der Waals surface area (Å²) in [7, 11) is 6.55. The number of nitrogens with one attached hydrogen (secondary N) is 1. The van der Waals surface area contributed by atoms with E-state index in [2.05, 4.69) is 31.4 Å². The van der Waals surface area contributed by atoms with E-state index in [-0.39, 0.29) is 0 Å². The summed E-state index contributed by atoms with van der Waals surface area (Å²) in [6.45, 7) is 0. The minimum atomic E-state index is 0.825. The van der Waals surface area contributed by atoms with E-state index in [0.717, 1.165) is 23.9 Å². The molecule has 0 radical (unpaired) electrons. The molecule has 0 aromatic carbocycles. The van der Waals surface area contributed by atoms with Gasteiger partial charge in [0.05, 0.1) is 0 Å². The summed E-state index contributed by atoms with van der Waals surface area (Å²) in [6.07, 6.45) is 4.29. The van der Waals surface area contributed by atoms with Gasteiger partial charge >= 0.3 is 0 Å². The molecule has 12 heavy (non-hydrogen) atoms. The maximum Gasteiger partial charge on any atom is 0.0121 e. The van der Waals surface area contributed by atoms with Crippen molar-refractivity contribution in [2.24, 2.45) is 11.8 Å². The maximum atomic E-state index is 3.44. The highest BCUT2D eigenvalue weighted by molar-refractivity contribution is 5.01. The van der Waals surface area contributed by atoms with E-state index in [0.29, 0.717) is 0 Å². The zero-order valence-electron chi connectivity index (χ0n) is 8.38. The Labute approximate surface area is 75.3 Å². The van der Waals surface area contributed by atoms with E-state index in [1.807, 2.05) is 0 Å². The van der Waals surface area contributed by atoms with Crippen LogP contribution < -0.4 is 5.32 Å². The summed E-state index contributed by atoms with van der Waals surface area (Å²) in [5.41, 5.74) is 0. The summed E-state index contributed by atoms with van der Waals surface area (Å²) in [5.74, 6) is 1.94. The Morgan fingerprint density at radius 3 is 2.25 bits per heavy atom. The lowest BCUT2D eigenvalue weighted by molar-refractivity contribution is 0.193. The van der Waals surface area contributed by atoms with Gasteiger partial charge in [-0.3, -0.25) is 0 Å². The molecular formula is C10H20N2. The zero-order valence-corrected chi connectivity index (χ0v) is 8.38. The highest BCUT2D eigenvalue weighted by atomic mass is 15.1. The molecule has 2 nitrogen and oxygen atoms in total. The number of nitrogens with zero attached hydrogens (tertiary/aromatic N) is 1. The Balaban J connectivity index is 1.98. The largest absolute Gasteiger partial charge is 0.317 e. The molecule has 2 rings (SSSR count). The zero-order chi connectivity index (χ0) is 8.72. The Kier molecular flexibility index (Phi) is 2.13. The molecule has 1 N–H and O–H groups in total. The van der Waals surface area contributed by atoms with Crippen LogP contribution in [0.1, 0.15) is 19.3 Å². The normalized spacial score (nSPS) is 46.0. The van der Waals surface area contributed by atoms with Crippen molar-refractivity contribution < 1.29 is 0 Å². The second kappa shape index (κ2) is 3.00. The molecule has 0 amide bonds. The third kappa shape index (κ3) is 1.17. The minimum absolute atomic E-state index is 0.825. The first kappa shape index (κ1) is 8.52. The van der Waals surface area contributed by atoms with Crippen LogP contribution >= 0.6 is 0 Å². The van der Waals surface area contributed by atoms with Gasteiger partial charge in [-0.1, -0.05) is 0 Å². The predicted octanol–water partition coefficient (Wildman–Crippen LogP) is 0.934. The van der Waals surface area contributed by atoms with Gasteiger partial charge in [-0.05, 0) is 52.2 Å². The van der Waals surface area contributed by atoms with E-state index in [9.17, 15) is 0 Å². The van der Waals surface area contributed by atoms with Crippen molar-refractivity contribution in [1.29, 1.82) is 0 Å². The van der Waals surface area contributed by atoms with Gasteiger partial charge in [-0.15, -0.1) is 0 Å². The third-order valence-electron chi connectivity index (χ3n) is 3.85. The molecule has 4 unspecified atom stereocenters. The molecule has 2 saturated carbocycles. The van der Waals surface area contributed by atoms with Crippen molar-refractivity contribution in [2.45, 2.75) is 31.3 Å². The fourth-order valence-corrected chi connectivity index (χ4v) is 3.23. The quantitative estimate of drug-likeness (QED) is 0.660. The molecule has 0 heterocycles. The van der Waals surface area contributed by atoms with E-state index in [4.69, 9.17) is 0 Å². The molecule has 0 aliphatic heterocycles. The fraction of sp³-hybridized carbons (Fsp3) is 1.00. The Hall–Kier alpha value is -0.0800. The van der Waals surface area contributed by atoms with Crippen LogP contribution in [0.15, 0.2) is 0 Å². The lowest BCUT2D eigenvalue weighted by Gasteiger charge is -2.32. The number of hydrogen-bond donors (Lipinski definition) is 1. The van der Waals surface area contributed by atoms with E-state index >= 15 is 0 Å². The van der Waals surface area contributed by atoms with Gasteiger partial charge < -0.3 is 10.2 Å². The summed E-state index contributed by atoms with van der Waals surface area (Å²) in [6, 6.07) is 1.70. The van der Waals surface area contributed by atoms with Crippen molar-refractivity contribution in [1.82, 2.24) is 10.2 Å². The van der Waals surface area contributed by atoms with Crippen molar-refractivity contribution in [2.75, 3.05) is 21.1 Å². The fourth-order valence-electron chi connectivity index (χ4n) is 3.23. The topological polar surface area (TPSA) is 15.3 Å². The molecule has 2 bridgehead atoms. The standard InChI is InChI=1S/C10H20N2/c1-11-9-5-8-4-7(9)6-10(8)12(2)3/h7-11H,4-6H2,1-3H3. The van der Waals surface area contributed by atoms with Gasteiger partial charge in [-0.25, -0.2) is 0 Å². The van der Waals surface area contributed by atoms with Gasteiger partial charge in [0.2, 0.25) is 0 Å². The SMILES string of the molecule is CNC1CC2CC1CC2N(C)C. The minimum Gasteiger partial charge on any atom is -0.317 e. The van der Waals surface area contributed by atoms with Gasteiger partial charge in [-0.2, -0.15) is 0 Å². The smallest absolute Gasteiger partial charge is 0.0121 e. The number of hydrogen-bond acceptors (Lipinski definition) is 2. The summed E-state index contributed by atoms with van der Waals surface area (Å²) in [4.78, 5) is 2.41. The highest BCUT2D eigenvalue weighted by Gasteiger charge is 2.45. The third-order valence-corrected chi connectivity index (χ3v) is 3.85. The van der Waals surface area contributed by atoms with Crippen LogP contribution in [0.25, 0.3) is 0 Å². The molecule has 4 atom stereocenters. The van der Waals surface area contributed by atoms with Crippen LogP contribution in [0.3, 0.4) is 0 Å². The highest BCUT2D eigenvalue weighted by Crippen LogP contribution is 2.46. The number of fused-ring (bicyclic) bond motifs is 2. The summed E-state index contributed by atoms with van der Waals surface area (Å²) in [5, 5.41) is 3.44. The second-order valence-electron chi connectivity index (χ2n) is 4.65. The van der Waals surface area contributed by atoms with Crippen LogP contribution in [-0.4, -0.2) is 38.1 Å². The van der Waals surface area contributed by atoms with Crippen LogP contribution in [-0.2, 0) is 0 Å². The van der Waals surface area contributed by atoms with Crippen LogP contribution in [0, 0.1) is 11.8 Å². The first-order chi connectivity index (χ1) is 5.72. The summed E-state index contributed by atoms with van der Waals surface area (Å²) < 4.78 is 0. The molecule has 70 valence electrons. The van der Waals surface area contributed by atoms with Crippen LogP contribution in [0.2, 0.25) is 0 Å². The molecule has 0 saturated heterocycles. The van der Waals surface area contributed by atoms with Gasteiger partial charge in [0.15, 0.2) is 0 Å². The molecule has 2 aliphatic carbocycles. The van der Waals surface area contributed by atoms with Crippen molar-refractivity contribution in [3.8, 4) is 0 Å². The monoisotopic (exact) mass is 168 g/mol. The van der Waals surface area contributed by atoms with Crippen molar-refractivity contribution >= 4 is 0 Å². The maximum absolute atomic E-state index is 3.44. The predicted molar refractivity (Wildman–Crippen MR) is 51.2 cm³/mol. The first-order valence-corrected chi connectivity index (χ1v) is 5.06. The van der Waals surface area contributed by atoms with Crippen LogP contribution in [0.5, 0.6) is 0 Å². The molecular weight excluding hydrogens is 148 g/mol. The molecule has 2 aliphatic rings. The van der Waals surface area contributed by atoms with E-state index in [1.54, 1.807) is 0 Å². The van der Waals surface area contributed by atoms with Gasteiger partial charge in [0.1, 0.15) is 0 Å². The lowest BCUT2D eigenvalue weighted by atomic mass is 9.91. The second-order valence-corrected chi connectivity index (χ2v) is 4.65. The van der Waals surface area contributed by atoms with Crippen LogP contribution in [0.4, 0.5) is 0 Å². The molecule has 2 heteroatoms. The Bertz CT molecular complexity index is 167. The van der Waals surface area contributed by atoms with E-state index < -0.39 is 0 Å².